The van der Waals surface area contributed by atoms with E-state index in [-0.39, 0.29) is 17.2 Å². The van der Waals surface area contributed by atoms with Crippen molar-refractivity contribution >= 4 is 35.2 Å². The van der Waals surface area contributed by atoms with Gasteiger partial charge in [-0.3, -0.25) is 9.59 Å². The van der Waals surface area contributed by atoms with Crippen LogP contribution in [-0.4, -0.2) is 32.7 Å². The van der Waals surface area contributed by atoms with Crippen LogP contribution in [0.4, 0.5) is 4.39 Å². The minimum Gasteiger partial charge on any atom is -0.481 e. The van der Waals surface area contributed by atoms with Crippen molar-refractivity contribution in [3.63, 3.8) is 0 Å². The maximum Gasteiger partial charge on any atom is 0.305 e. The first kappa shape index (κ1) is 20.1. The van der Waals surface area contributed by atoms with E-state index in [0.29, 0.717) is 10.7 Å². The molecule has 0 aliphatic rings. The molecule has 6 nitrogen and oxygen atoms in total. The maximum absolute atomic E-state index is 13.6. The molecular formula is C17H17ClFN3O3S. The fourth-order valence-corrected chi connectivity index (χ4v) is 3.16. The Hall–Kier alpha value is -2.19. The Kier molecular flexibility index (Phi) is 6.93. The minimum atomic E-state index is -1.11. The van der Waals surface area contributed by atoms with E-state index in [2.05, 4.69) is 15.3 Å². The van der Waals surface area contributed by atoms with Crippen LogP contribution >= 0.6 is 23.4 Å². The first-order valence-electron chi connectivity index (χ1n) is 7.66. The molecule has 1 amide bonds. The molecule has 0 aliphatic heterocycles. The Morgan fingerprint density at radius 2 is 1.92 bits per heavy atom. The molecule has 9 heteroatoms. The van der Waals surface area contributed by atoms with Gasteiger partial charge in [0.15, 0.2) is 5.16 Å². The Balaban J connectivity index is 2.05. The average Bonchev–Trinajstić information content (AvgIpc) is 2.53. The standard InChI is InChI=1S/C17H17ClFN3O3S/c1-9-5-10(2)21-17(20-9)26-8-15(23)22-14(7-16(24)25)11-3-4-12(18)13(19)6-11/h3-6,14H,7-8H2,1-2H3,(H,22,23)(H,24,25). The first-order valence-corrected chi connectivity index (χ1v) is 9.02. The van der Waals surface area contributed by atoms with Crippen LogP contribution < -0.4 is 5.32 Å². The van der Waals surface area contributed by atoms with Gasteiger partial charge in [-0.15, -0.1) is 0 Å². The van der Waals surface area contributed by atoms with E-state index < -0.39 is 23.7 Å². The van der Waals surface area contributed by atoms with Gasteiger partial charge in [0, 0.05) is 11.4 Å². The molecule has 1 unspecified atom stereocenters. The summed E-state index contributed by atoms with van der Waals surface area (Å²) in [6.45, 7) is 3.66. The van der Waals surface area contributed by atoms with Crippen LogP contribution in [0.1, 0.15) is 29.4 Å². The molecule has 26 heavy (non-hydrogen) atoms. The molecule has 2 N–H and O–H groups in total. The first-order chi connectivity index (χ1) is 12.2. The van der Waals surface area contributed by atoms with E-state index in [1.807, 2.05) is 19.9 Å². The lowest BCUT2D eigenvalue weighted by atomic mass is 10.0. The third kappa shape index (κ3) is 5.96. The van der Waals surface area contributed by atoms with Gasteiger partial charge in [0.1, 0.15) is 5.82 Å². The van der Waals surface area contributed by atoms with Crippen molar-refractivity contribution in [3.05, 3.63) is 52.1 Å². The largest absolute Gasteiger partial charge is 0.481 e. The van der Waals surface area contributed by atoms with Crippen LogP contribution in [0.2, 0.25) is 5.02 Å². The van der Waals surface area contributed by atoms with E-state index in [0.717, 1.165) is 29.2 Å². The zero-order chi connectivity index (χ0) is 19.3. The van der Waals surface area contributed by atoms with Crippen molar-refractivity contribution in [1.82, 2.24) is 15.3 Å². The zero-order valence-corrected chi connectivity index (χ0v) is 15.7. The van der Waals surface area contributed by atoms with Gasteiger partial charge < -0.3 is 10.4 Å². The summed E-state index contributed by atoms with van der Waals surface area (Å²) in [4.78, 5) is 31.7. The molecule has 0 aliphatic carbocycles. The number of halogens is 2. The van der Waals surface area contributed by atoms with E-state index >= 15 is 0 Å². The number of aromatic nitrogens is 2. The summed E-state index contributed by atoms with van der Waals surface area (Å²) in [5.74, 6) is -2.18. The molecule has 0 saturated heterocycles. The highest BCUT2D eigenvalue weighted by Crippen LogP contribution is 2.23. The number of benzene rings is 1. The second-order valence-electron chi connectivity index (χ2n) is 5.61. The number of hydrogen-bond donors (Lipinski definition) is 2. The highest BCUT2D eigenvalue weighted by molar-refractivity contribution is 7.99. The second kappa shape index (κ2) is 8.95. The lowest BCUT2D eigenvalue weighted by molar-refractivity contribution is -0.137. The minimum absolute atomic E-state index is 0.00901. The van der Waals surface area contributed by atoms with E-state index in [1.165, 1.54) is 12.1 Å². The van der Waals surface area contributed by atoms with Crippen LogP contribution in [-0.2, 0) is 9.59 Å². The fraction of sp³-hybridized carbons (Fsp3) is 0.294. The number of amides is 1. The van der Waals surface area contributed by atoms with Crippen molar-refractivity contribution < 1.29 is 19.1 Å². The number of nitrogens with one attached hydrogen (secondary N) is 1. The van der Waals surface area contributed by atoms with Crippen LogP contribution in [0, 0.1) is 19.7 Å². The number of aryl methyl sites for hydroxylation is 2. The molecule has 0 radical (unpaired) electrons. The number of carboxylic acids is 1. The number of thioether (sulfide) groups is 1. The molecule has 138 valence electrons. The normalized spacial score (nSPS) is 11.8. The van der Waals surface area contributed by atoms with Crippen LogP contribution in [0.25, 0.3) is 0 Å². The summed E-state index contributed by atoms with van der Waals surface area (Å²) in [6, 6.07) is 4.89. The molecule has 2 aromatic rings. The third-order valence-electron chi connectivity index (χ3n) is 3.35. The molecular weight excluding hydrogens is 381 g/mol. The molecule has 1 atom stereocenters. The quantitative estimate of drug-likeness (QED) is 0.550. The molecule has 2 rings (SSSR count). The molecule has 1 aromatic carbocycles. The third-order valence-corrected chi connectivity index (χ3v) is 4.51. The number of nitrogens with zero attached hydrogens (tertiary/aromatic N) is 2. The Morgan fingerprint density at radius 1 is 1.27 bits per heavy atom. The number of carbonyl (C=O) groups excluding carboxylic acids is 1. The second-order valence-corrected chi connectivity index (χ2v) is 6.96. The molecule has 1 heterocycles. The Bertz CT molecular complexity index is 815. The van der Waals surface area contributed by atoms with Crippen molar-refractivity contribution in [2.75, 3.05) is 5.75 Å². The summed E-state index contributed by atoms with van der Waals surface area (Å²) < 4.78 is 13.6. The number of carboxylic acid groups (broad SMARTS) is 1. The molecule has 0 spiro atoms. The monoisotopic (exact) mass is 397 g/mol. The number of carbonyl (C=O) groups is 2. The number of aliphatic carboxylic acids is 1. The Labute approximate surface area is 159 Å². The summed E-state index contributed by atoms with van der Waals surface area (Å²) >= 11 is 6.79. The van der Waals surface area contributed by atoms with Crippen molar-refractivity contribution in [3.8, 4) is 0 Å². The van der Waals surface area contributed by atoms with Crippen LogP contribution in [0.15, 0.2) is 29.4 Å². The molecule has 1 aromatic heterocycles. The van der Waals surface area contributed by atoms with Crippen molar-refractivity contribution in [2.45, 2.75) is 31.5 Å². The summed E-state index contributed by atoms with van der Waals surface area (Å²) in [5.41, 5.74) is 1.91. The van der Waals surface area contributed by atoms with Gasteiger partial charge in [0.25, 0.3) is 0 Å². The smallest absolute Gasteiger partial charge is 0.305 e. The fourth-order valence-electron chi connectivity index (χ4n) is 2.28. The number of rotatable bonds is 7. The van der Waals surface area contributed by atoms with Gasteiger partial charge in [-0.2, -0.15) is 0 Å². The predicted molar refractivity (Wildman–Crippen MR) is 96.8 cm³/mol. The summed E-state index contributed by atoms with van der Waals surface area (Å²) in [5, 5.41) is 12.0. The van der Waals surface area contributed by atoms with Crippen LogP contribution in [0.5, 0.6) is 0 Å². The van der Waals surface area contributed by atoms with Crippen molar-refractivity contribution in [2.24, 2.45) is 0 Å². The Morgan fingerprint density at radius 3 is 2.50 bits per heavy atom. The number of hydrogen-bond acceptors (Lipinski definition) is 5. The van der Waals surface area contributed by atoms with Crippen molar-refractivity contribution in [1.29, 1.82) is 0 Å². The van der Waals surface area contributed by atoms with Gasteiger partial charge >= 0.3 is 5.97 Å². The lowest BCUT2D eigenvalue weighted by Crippen LogP contribution is -2.31. The average molecular weight is 398 g/mol. The van der Waals surface area contributed by atoms with Gasteiger partial charge in [0.05, 0.1) is 23.2 Å². The predicted octanol–water partition coefficient (Wildman–Crippen LogP) is 3.31. The SMILES string of the molecule is Cc1cc(C)nc(SCC(=O)NC(CC(=O)O)c2ccc(Cl)c(F)c2)n1. The van der Waals surface area contributed by atoms with E-state index in [9.17, 15) is 14.0 Å². The van der Waals surface area contributed by atoms with E-state index in [1.54, 1.807) is 0 Å². The topological polar surface area (TPSA) is 92.2 Å². The zero-order valence-electron chi connectivity index (χ0n) is 14.1. The maximum atomic E-state index is 13.6. The van der Waals surface area contributed by atoms with Gasteiger partial charge in [-0.25, -0.2) is 14.4 Å². The van der Waals surface area contributed by atoms with Gasteiger partial charge in [-0.05, 0) is 37.6 Å². The lowest BCUT2D eigenvalue weighted by Gasteiger charge is -2.17. The highest BCUT2D eigenvalue weighted by Gasteiger charge is 2.19. The summed E-state index contributed by atoms with van der Waals surface area (Å²) in [7, 11) is 0. The van der Waals surface area contributed by atoms with Crippen LogP contribution in [0.3, 0.4) is 0 Å². The molecule has 0 saturated carbocycles. The van der Waals surface area contributed by atoms with E-state index in [4.69, 9.17) is 16.7 Å². The molecule has 0 bridgehead atoms. The molecule has 0 fully saturated rings. The van der Waals surface area contributed by atoms with Gasteiger partial charge in [-0.1, -0.05) is 29.4 Å². The highest BCUT2D eigenvalue weighted by atomic mass is 35.5. The summed E-state index contributed by atoms with van der Waals surface area (Å²) in [6.07, 6.45) is -0.377. The van der Waals surface area contributed by atoms with Gasteiger partial charge in [0.2, 0.25) is 5.91 Å².